The molecule has 6 nitrogen and oxygen atoms in total. The Morgan fingerprint density at radius 1 is 1.30 bits per heavy atom. The Balaban J connectivity index is 2.15. The third-order valence-electron chi connectivity index (χ3n) is 2.88. The lowest BCUT2D eigenvalue weighted by Crippen LogP contribution is -2.05. The van der Waals surface area contributed by atoms with E-state index in [1.807, 2.05) is 24.3 Å². The minimum Gasteiger partial charge on any atom is -0.380 e. The molecule has 1 aromatic heterocycles. The highest BCUT2D eigenvalue weighted by atomic mass is 16.6. The predicted octanol–water partition coefficient (Wildman–Crippen LogP) is 2.75. The summed E-state index contributed by atoms with van der Waals surface area (Å²) >= 11 is 0. The molecule has 0 aliphatic heterocycles. The van der Waals surface area contributed by atoms with E-state index in [-0.39, 0.29) is 5.69 Å². The van der Waals surface area contributed by atoms with Gasteiger partial charge in [-0.3, -0.25) is 15.1 Å². The molecule has 0 unspecified atom stereocenters. The van der Waals surface area contributed by atoms with Gasteiger partial charge in [-0.25, -0.2) is 0 Å². The minimum atomic E-state index is -0.448. The number of benzene rings is 1. The molecule has 0 aliphatic carbocycles. The SMILES string of the molecule is COCc1ccccc1CNc1ccncc1[N+](=O)[O-]. The zero-order chi connectivity index (χ0) is 14.4. The van der Waals surface area contributed by atoms with Crippen molar-refractivity contribution in [1.82, 2.24) is 4.98 Å². The van der Waals surface area contributed by atoms with Crippen LogP contribution in [-0.2, 0) is 17.9 Å². The second kappa shape index (κ2) is 6.63. The molecule has 2 aromatic rings. The lowest BCUT2D eigenvalue weighted by Gasteiger charge is -2.10. The molecule has 1 N–H and O–H groups in total. The Morgan fingerprint density at radius 3 is 2.75 bits per heavy atom. The fraction of sp³-hybridized carbons (Fsp3) is 0.214. The van der Waals surface area contributed by atoms with Gasteiger partial charge in [-0.1, -0.05) is 24.3 Å². The fourth-order valence-corrected chi connectivity index (χ4v) is 1.90. The van der Waals surface area contributed by atoms with E-state index in [0.29, 0.717) is 18.8 Å². The van der Waals surface area contributed by atoms with Gasteiger partial charge in [-0.05, 0) is 17.2 Å². The predicted molar refractivity (Wildman–Crippen MR) is 75.4 cm³/mol. The summed E-state index contributed by atoms with van der Waals surface area (Å²) in [6.45, 7) is 1.00. The topological polar surface area (TPSA) is 77.3 Å². The van der Waals surface area contributed by atoms with Crippen LogP contribution >= 0.6 is 0 Å². The van der Waals surface area contributed by atoms with Gasteiger partial charge in [0, 0.05) is 19.9 Å². The van der Waals surface area contributed by atoms with Crippen LogP contribution in [0.25, 0.3) is 0 Å². The first-order valence-corrected chi connectivity index (χ1v) is 6.10. The van der Waals surface area contributed by atoms with Crippen molar-refractivity contribution < 1.29 is 9.66 Å². The molecule has 104 valence electrons. The average Bonchev–Trinajstić information content (AvgIpc) is 2.47. The number of aromatic nitrogens is 1. The second-order valence-corrected chi connectivity index (χ2v) is 4.21. The number of hydrogen-bond acceptors (Lipinski definition) is 5. The first kappa shape index (κ1) is 14.0. The molecule has 0 spiro atoms. The van der Waals surface area contributed by atoms with Gasteiger partial charge in [0.05, 0.1) is 11.5 Å². The Hall–Kier alpha value is -2.47. The fourth-order valence-electron chi connectivity index (χ4n) is 1.90. The van der Waals surface area contributed by atoms with Crippen molar-refractivity contribution in [1.29, 1.82) is 0 Å². The van der Waals surface area contributed by atoms with Gasteiger partial charge in [0.15, 0.2) is 0 Å². The van der Waals surface area contributed by atoms with E-state index in [1.54, 1.807) is 13.2 Å². The third kappa shape index (κ3) is 3.30. The highest BCUT2D eigenvalue weighted by Crippen LogP contribution is 2.23. The van der Waals surface area contributed by atoms with Crippen molar-refractivity contribution in [2.24, 2.45) is 0 Å². The first-order valence-electron chi connectivity index (χ1n) is 6.10. The summed E-state index contributed by atoms with van der Waals surface area (Å²) in [5, 5.41) is 14.0. The molecule has 0 saturated heterocycles. The molecule has 0 bridgehead atoms. The maximum absolute atomic E-state index is 10.9. The van der Waals surface area contributed by atoms with E-state index in [1.165, 1.54) is 12.4 Å². The van der Waals surface area contributed by atoms with Crippen molar-refractivity contribution in [3.63, 3.8) is 0 Å². The van der Waals surface area contributed by atoms with E-state index in [9.17, 15) is 10.1 Å². The average molecular weight is 273 g/mol. The molecular weight excluding hydrogens is 258 g/mol. The van der Waals surface area contributed by atoms with Gasteiger partial charge in [-0.2, -0.15) is 0 Å². The summed E-state index contributed by atoms with van der Waals surface area (Å²) in [6, 6.07) is 9.40. The summed E-state index contributed by atoms with van der Waals surface area (Å²) < 4.78 is 5.14. The second-order valence-electron chi connectivity index (χ2n) is 4.21. The van der Waals surface area contributed by atoms with E-state index < -0.39 is 4.92 Å². The van der Waals surface area contributed by atoms with Crippen LogP contribution in [0.3, 0.4) is 0 Å². The van der Waals surface area contributed by atoms with Crippen molar-refractivity contribution in [3.8, 4) is 0 Å². The maximum Gasteiger partial charge on any atom is 0.310 e. The molecule has 6 heteroatoms. The number of anilines is 1. The smallest absolute Gasteiger partial charge is 0.310 e. The number of pyridine rings is 1. The molecule has 2 rings (SSSR count). The lowest BCUT2D eigenvalue weighted by atomic mass is 10.1. The maximum atomic E-state index is 10.9. The molecule has 0 saturated carbocycles. The summed E-state index contributed by atoms with van der Waals surface area (Å²) in [5.41, 5.74) is 2.52. The highest BCUT2D eigenvalue weighted by Gasteiger charge is 2.13. The Bertz CT molecular complexity index is 602. The van der Waals surface area contributed by atoms with Crippen LogP contribution in [0.5, 0.6) is 0 Å². The molecule has 20 heavy (non-hydrogen) atoms. The number of rotatable bonds is 6. The van der Waals surface area contributed by atoms with Gasteiger partial charge < -0.3 is 10.1 Å². The summed E-state index contributed by atoms with van der Waals surface area (Å²) in [5.74, 6) is 0. The number of nitro groups is 1. The summed E-state index contributed by atoms with van der Waals surface area (Å²) in [6.07, 6.45) is 2.76. The van der Waals surface area contributed by atoms with Gasteiger partial charge in [0.25, 0.3) is 0 Å². The van der Waals surface area contributed by atoms with Gasteiger partial charge in [0.2, 0.25) is 0 Å². The van der Waals surface area contributed by atoms with Gasteiger partial charge in [-0.15, -0.1) is 0 Å². The Kier molecular flexibility index (Phi) is 4.62. The quantitative estimate of drug-likeness (QED) is 0.646. The molecule has 0 atom stereocenters. The van der Waals surface area contributed by atoms with Crippen LogP contribution in [0.1, 0.15) is 11.1 Å². The minimum absolute atomic E-state index is 0.0308. The molecule has 0 aliphatic rings. The van der Waals surface area contributed by atoms with Crippen LogP contribution in [0, 0.1) is 10.1 Å². The van der Waals surface area contributed by atoms with Crippen LogP contribution in [0.15, 0.2) is 42.7 Å². The van der Waals surface area contributed by atoms with E-state index in [0.717, 1.165) is 11.1 Å². The Morgan fingerprint density at radius 2 is 2.05 bits per heavy atom. The van der Waals surface area contributed by atoms with Crippen molar-refractivity contribution in [3.05, 3.63) is 64.0 Å². The Labute approximate surface area is 116 Å². The molecule has 0 amide bonds. The number of ether oxygens (including phenoxy) is 1. The van der Waals surface area contributed by atoms with E-state index in [2.05, 4.69) is 10.3 Å². The number of hydrogen-bond donors (Lipinski definition) is 1. The van der Waals surface area contributed by atoms with Crippen molar-refractivity contribution >= 4 is 11.4 Å². The van der Waals surface area contributed by atoms with Crippen molar-refractivity contribution in [2.75, 3.05) is 12.4 Å². The molecule has 0 radical (unpaired) electrons. The van der Waals surface area contributed by atoms with Crippen molar-refractivity contribution in [2.45, 2.75) is 13.2 Å². The standard InChI is InChI=1S/C14H15N3O3/c1-20-10-12-5-3-2-4-11(12)8-16-13-6-7-15-9-14(13)17(18)19/h2-7,9H,8,10H2,1H3,(H,15,16). The van der Waals surface area contributed by atoms with E-state index >= 15 is 0 Å². The lowest BCUT2D eigenvalue weighted by molar-refractivity contribution is -0.384. The summed E-state index contributed by atoms with van der Waals surface area (Å²) in [4.78, 5) is 14.2. The largest absolute Gasteiger partial charge is 0.380 e. The molecule has 1 heterocycles. The molecular formula is C14H15N3O3. The van der Waals surface area contributed by atoms with Gasteiger partial charge >= 0.3 is 5.69 Å². The molecule has 1 aromatic carbocycles. The van der Waals surface area contributed by atoms with Crippen LogP contribution in [0.4, 0.5) is 11.4 Å². The number of methoxy groups -OCH3 is 1. The third-order valence-corrected chi connectivity index (χ3v) is 2.88. The van der Waals surface area contributed by atoms with E-state index in [4.69, 9.17) is 4.74 Å². The van der Waals surface area contributed by atoms with Gasteiger partial charge in [0.1, 0.15) is 11.9 Å². The number of nitrogens with one attached hydrogen (secondary N) is 1. The highest BCUT2D eigenvalue weighted by molar-refractivity contribution is 5.59. The molecule has 0 fully saturated rings. The first-order chi connectivity index (χ1) is 9.72. The monoisotopic (exact) mass is 273 g/mol. The normalized spacial score (nSPS) is 10.2. The zero-order valence-corrected chi connectivity index (χ0v) is 11.1. The zero-order valence-electron chi connectivity index (χ0n) is 11.1. The number of nitrogens with zero attached hydrogens (tertiary/aromatic N) is 2. The van der Waals surface area contributed by atoms with Crippen LogP contribution in [0.2, 0.25) is 0 Å². The van der Waals surface area contributed by atoms with Crippen LogP contribution in [-0.4, -0.2) is 17.0 Å². The summed E-state index contributed by atoms with van der Waals surface area (Å²) in [7, 11) is 1.64. The van der Waals surface area contributed by atoms with Crippen LogP contribution < -0.4 is 5.32 Å².